The van der Waals surface area contributed by atoms with Gasteiger partial charge in [0.05, 0.1) is 18.4 Å². The zero-order valence-electron chi connectivity index (χ0n) is 10.6. The minimum absolute atomic E-state index is 0.205. The zero-order chi connectivity index (χ0) is 13.2. The van der Waals surface area contributed by atoms with Gasteiger partial charge in [0.1, 0.15) is 11.6 Å². The first-order chi connectivity index (χ1) is 9.28. The molecule has 1 aromatic heterocycles. The molecule has 2 aromatic rings. The van der Waals surface area contributed by atoms with Gasteiger partial charge in [0, 0.05) is 12.0 Å². The van der Waals surface area contributed by atoms with Gasteiger partial charge in [-0.2, -0.15) is 5.10 Å². The van der Waals surface area contributed by atoms with E-state index in [-0.39, 0.29) is 5.91 Å². The predicted octanol–water partition coefficient (Wildman–Crippen LogP) is 2.55. The van der Waals surface area contributed by atoms with Crippen molar-refractivity contribution in [3.8, 4) is 5.75 Å². The van der Waals surface area contributed by atoms with E-state index in [2.05, 4.69) is 15.5 Å². The van der Waals surface area contributed by atoms with Gasteiger partial charge in [0.2, 0.25) is 0 Å². The lowest BCUT2D eigenvalue weighted by atomic mass is 10.2. The summed E-state index contributed by atoms with van der Waals surface area (Å²) < 4.78 is 5.17. The molecule has 1 heterocycles. The molecule has 1 amide bonds. The number of methoxy groups -OCH3 is 1. The first-order valence-electron chi connectivity index (χ1n) is 6.27. The van der Waals surface area contributed by atoms with Gasteiger partial charge < -0.3 is 10.1 Å². The van der Waals surface area contributed by atoms with Crippen LogP contribution < -0.4 is 10.1 Å². The third-order valence-electron chi connectivity index (χ3n) is 3.19. The second kappa shape index (κ2) is 4.76. The molecule has 1 aliphatic carbocycles. The van der Waals surface area contributed by atoms with Crippen molar-refractivity contribution in [1.29, 1.82) is 0 Å². The molecule has 1 saturated carbocycles. The molecule has 0 saturated heterocycles. The Kier molecular flexibility index (Phi) is 2.95. The van der Waals surface area contributed by atoms with Crippen molar-refractivity contribution in [2.75, 3.05) is 12.4 Å². The number of H-pyrrole nitrogens is 1. The Hall–Kier alpha value is -2.30. The van der Waals surface area contributed by atoms with Crippen LogP contribution in [0.5, 0.6) is 5.75 Å². The molecule has 3 rings (SSSR count). The monoisotopic (exact) mass is 257 g/mol. The highest BCUT2D eigenvalue weighted by atomic mass is 16.5. The molecule has 1 aliphatic rings. The van der Waals surface area contributed by atoms with E-state index in [0.717, 1.165) is 5.69 Å². The van der Waals surface area contributed by atoms with Gasteiger partial charge in [0.15, 0.2) is 0 Å². The third-order valence-corrected chi connectivity index (χ3v) is 3.19. The summed E-state index contributed by atoms with van der Waals surface area (Å²) in [4.78, 5) is 12.1. The van der Waals surface area contributed by atoms with E-state index in [0.29, 0.717) is 23.0 Å². The third kappa shape index (κ3) is 2.45. The topological polar surface area (TPSA) is 67.0 Å². The number of amides is 1. The number of benzene rings is 1. The highest BCUT2D eigenvalue weighted by Crippen LogP contribution is 2.39. The fraction of sp³-hybridized carbons (Fsp3) is 0.286. The molecule has 5 nitrogen and oxygen atoms in total. The van der Waals surface area contributed by atoms with Crippen molar-refractivity contribution < 1.29 is 9.53 Å². The van der Waals surface area contributed by atoms with Crippen molar-refractivity contribution in [3.63, 3.8) is 0 Å². The number of para-hydroxylation sites is 1. The van der Waals surface area contributed by atoms with Gasteiger partial charge in [-0.05, 0) is 25.0 Å². The van der Waals surface area contributed by atoms with Gasteiger partial charge in [0.25, 0.3) is 5.91 Å². The quantitative estimate of drug-likeness (QED) is 0.884. The number of nitrogens with zero attached hydrogens (tertiary/aromatic N) is 1. The molecule has 19 heavy (non-hydrogen) atoms. The number of aromatic nitrogens is 2. The molecule has 0 spiro atoms. The number of aromatic amines is 1. The average molecular weight is 257 g/mol. The molecule has 98 valence electrons. The van der Waals surface area contributed by atoms with Crippen LogP contribution in [-0.4, -0.2) is 23.2 Å². The number of carbonyl (C=O) groups is 1. The Morgan fingerprint density at radius 3 is 2.95 bits per heavy atom. The molecule has 0 aliphatic heterocycles. The van der Waals surface area contributed by atoms with Gasteiger partial charge >= 0.3 is 0 Å². The fourth-order valence-electron chi connectivity index (χ4n) is 2.01. The second-order valence-electron chi connectivity index (χ2n) is 4.64. The Labute approximate surface area is 111 Å². The van der Waals surface area contributed by atoms with Crippen LogP contribution in [0.15, 0.2) is 30.3 Å². The summed E-state index contributed by atoms with van der Waals surface area (Å²) in [5.74, 6) is 1.54. The summed E-state index contributed by atoms with van der Waals surface area (Å²) >= 11 is 0. The number of carbonyl (C=O) groups excluding carboxylic acids is 1. The Balaban J connectivity index is 1.76. The number of rotatable bonds is 4. The van der Waals surface area contributed by atoms with Gasteiger partial charge in [-0.3, -0.25) is 9.89 Å². The standard InChI is InChI=1S/C14H15N3O2/c1-19-12-5-3-2-4-10(12)14(18)15-13-8-11(16-17-13)9-6-7-9/h2-5,8-9H,6-7H2,1H3,(H2,15,16,17,18). The summed E-state index contributed by atoms with van der Waals surface area (Å²) in [6.45, 7) is 0. The Morgan fingerprint density at radius 1 is 1.42 bits per heavy atom. The Bertz CT molecular complexity index is 602. The van der Waals surface area contributed by atoms with E-state index in [1.807, 2.05) is 12.1 Å². The minimum Gasteiger partial charge on any atom is -0.496 e. The molecule has 0 radical (unpaired) electrons. The van der Waals surface area contributed by atoms with Gasteiger partial charge in [-0.25, -0.2) is 0 Å². The van der Waals surface area contributed by atoms with Gasteiger partial charge in [-0.1, -0.05) is 12.1 Å². The summed E-state index contributed by atoms with van der Waals surface area (Å²) in [6, 6.07) is 9.02. The SMILES string of the molecule is COc1ccccc1C(=O)Nc1cc(C2CC2)n[nH]1. The maximum absolute atomic E-state index is 12.1. The van der Waals surface area contributed by atoms with Crippen LogP contribution in [0.4, 0.5) is 5.82 Å². The molecule has 0 atom stereocenters. The maximum Gasteiger partial charge on any atom is 0.260 e. The number of nitrogens with one attached hydrogen (secondary N) is 2. The summed E-state index contributed by atoms with van der Waals surface area (Å²) in [7, 11) is 1.55. The van der Waals surface area contributed by atoms with Crippen molar-refractivity contribution in [2.45, 2.75) is 18.8 Å². The second-order valence-corrected chi connectivity index (χ2v) is 4.64. The maximum atomic E-state index is 12.1. The van der Waals surface area contributed by atoms with Crippen molar-refractivity contribution in [2.24, 2.45) is 0 Å². The number of anilines is 1. The van der Waals surface area contributed by atoms with Crippen molar-refractivity contribution in [1.82, 2.24) is 10.2 Å². The largest absolute Gasteiger partial charge is 0.496 e. The number of hydrogen-bond donors (Lipinski definition) is 2. The van der Waals surface area contributed by atoms with E-state index in [1.165, 1.54) is 12.8 Å². The highest BCUT2D eigenvalue weighted by molar-refractivity contribution is 6.05. The molecule has 1 fully saturated rings. The van der Waals surface area contributed by atoms with Crippen molar-refractivity contribution >= 4 is 11.7 Å². The van der Waals surface area contributed by atoms with Crippen LogP contribution in [0.1, 0.15) is 34.8 Å². The number of hydrogen-bond acceptors (Lipinski definition) is 3. The smallest absolute Gasteiger partial charge is 0.260 e. The number of ether oxygens (including phenoxy) is 1. The van der Waals surface area contributed by atoms with E-state index in [4.69, 9.17) is 4.74 Å². The van der Waals surface area contributed by atoms with Crippen LogP contribution in [0, 0.1) is 0 Å². The van der Waals surface area contributed by atoms with E-state index >= 15 is 0 Å². The summed E-state index contributed by atoms with van der Waals surface area (Å²) in [6.07, 6.45) is 2.37. The molecule has 0 unspecified atom stereocenters. The van der Waals surface area contributed by atoms with E-state index < -0.39 is 0 Å². The van der Waals surface area contributed by atoms with Crippen LogP contribution >= 0.6 is 0 Å². The first kappa shape index (κ1) is 11.8. The normalized spacial score (nSPS) is 14.2. The highest BCUT2D eigenvalue weighted by Gasteiger charge is 2.26. The molecule has 5 heteroatoms. The molecule has 0 bridgehead atoms. The van der Waals surface area contributed by atoms with Crippen LogP contribution in [-0.2, 0) is 0 Å². The predicted molar refractivity (Wildman–Crippen MR) is 71.5 cm³/mol. The zero-order valence-corrected chi connectivity index (χ0v) is 10.6. The summed E-state index contributed by atoms with van der Waals surface area (Å²) in [5.41, 5.74) is 1.53. The lowest BCUT2D eigenvalue weighted by Gasteiger charge is -2.07. The average Bonchev–Trinajstić information content (AvgIpc) is 3.19. The molecule has 1 aromatic carbocycles. The molecular weight excluding hydrogens is 242 g/mol. The fourth-order valence-corrected chi connectivity index (χ4v) is 2.01. The van der Waals surface area contributed by atoms with E-state index in [1.54, 1.807) is 25.3 Å². The molecular formula is C14H15N3O2. The van der Waals surface area contributed by atoms with Crippen LogP contribution in [0.3, 0.4) is 0 Å². The van der Waals surface area contributed by atoms with Crippen LogP contribution in [0.2, 0.25) is 0 Å². The Morgan fingerprint density at radius 2 is 2.21 bits per heavy atom. The van der Waals surface area contributed by atoms with Crippen molar-refractivity contribution in [3.05, 3.63) is 41.6 Å². The lowest BCUT2D eigenvalue weighted by Crippen LogP contribution is -2.13. The van der Waals surface area contributed by atoms with Crippen LogP contribution in [0.25, 0.3) is 0 Å². The van der Waals surface area contributed by atoms with Gasteiger partial charge in [-0.15, -0.1) is 0 Å². The summed E-state index contributed by atoms with van der Waals surface area (Å²) in [5, 5.41) is 9.84. The first-order valence-corrected chi connectivity index (χ1v) is 6.27. The molecule has 2 N–H and O–H groups in total. The minimum atomic E-state index is -0.205. The van der Waals surface area contributed by atoms with E-state index in [9.17, 15) is 4.79 Å². The lowest BCUT2D eigenvalue weighted by molar-refractivity contribution is 0.102.